The Balaban J connectivity index is 2.36. The van der Waals surface area contributed by atoms with Gasteiger partial charge in [-0.05, 0) is 30.7 Å². The molecule has 0 atom stereocenters. The molecule has 1 aromatic carbocycles. The van der Waals surface area contributed by atoms with Crippen molar-refractivity contribution in [1.29, 1.82) is 0 Å². The lowest BCUT2D eigenvalue weighted by atomic mass is 10.1. The van der Waals surface area contributed by atoms with Gasteiger partial charge in [-0.3, -0.25) is 4.79 Å². The Kier molecular flexibility index (Phi) is 6.77. The number of hydrogen-bond acceptors (Lipinski definition) is 3. The van der Waals surface area contributed by atoms with Crippen molar-refractivity contribution >= 4 is 12.1 Å². The normalized spacial score (nSPS) is 10.1. The highest BCUT2D eigenvalue weighted by atomic mass is 16.5. The summed E-state index contributed by atoms with van der Waals surface area (Å²) in [6.45, 7) is 2.89. The van der Waals surface area contributed by atoms with Crippen molar-refractivity contribution in [3.8, 4) is 5.75 Å². The number of unbranched alkanes of at least 4 members (excludes halogenated alkanes) is 3. The summed E-state index contributed by atoms with van der Waals surface area (Å²) in [6, 6.07) is 6.95. The number of aldehydes is 1. The second-order valence-corrected chi connectivity index (χ2v) is 4.23. The van der Waals surface area contributed by atoms with E-state index in [1.54, 1.807) is 24.3 Å². The van der Waals surface area contributed by atoms with Gasteiger partial charge in [0.05, 0.1) is 13.0 Å². The molecule has 0 aliphatic carbocycles. The van der Waals surface area contributed by atoms with Crippen LogP contribution in [0.2, 0.25) is 0 Å². The summed E-state index contributed by atoms with van der Waals surface area (Å²) in [6.07, 6.45) is 5.26. The maximum atomic E-state index is 11.4. The zero-order valence-electron chi connectivity index (χ0n) is 10.9. The number of hydrogen-bond donors (Lipinski definition) is 0. The van der Waals surface area contributed by atoms with Crippen molar-refractivity contribution in [2.45, 2.75) is 39.0 Å². The van der Waals surface area contributed by atoms with E-state index in [0.29, 0.717) is 18.5 Å². The molecule has 0 aliphatic rings. The maximum absolute atomic E-state index is 11.4. The fraction of sp³-hybridized carbons (Fsp3) is 0.467. The lowest BCUT2D eigenvalue weighted by molar-refractivity contribution is -0.107. The molecule has 0 bridgehead atoms. The average Bonchev–Trinajstić information content (AvgIpc) is 2.39. The van der Waals surface area contributed by atoms with Crippen molar-refractivity contribution in [3.63, 3.8) is 0 Å². The second kappa shape index (κ2) is 8.45. The van der Waals surface area contributed by atoms with Crippen molar-refractivity contribution in [3.05, 3.63) is 29.8 Å². The van der Waals surface area contributed by atoms with Gasteiger partial charge in [0.25, 0.3) is 0 Å². The Labute approximate surface area is 108 Å². The summed E-state index contributed by atoms with van der Waals surface area (Å²) in [5.41, 5.74) is 0.556. The molecule has 0 saturated heterocycles. The molecule has 0 N–H and O–H groups in total. The van der Waals surface area contributed by atoms with Crippen LogP contribution in [0.4, 0.5) is 0 Å². The molecule has 0 unspecified atom stereocenters. The summed E-state index contributed by atoms with van der Waals surface area (Å²) in [5.74, 6) is 0.619. The molecule has 0 fully saturated rings. The van der Waals surface area contributed by atoms with Crippen LogP contribution < -0.4 is 4.74 Å². The molecule has 0 saturated carbocycles. The molecule has 18 heavy (non-hydrogen) atoms. The molecule has 0 aromatic heterocycles. The molecular formula is C15H20O3. The number of carbonyl (C=O) groups excluding carboxylic acids is 2. The van der Waals surface area contributed by atoms with E-state index in [-0.39, 0.29) is 12.2 Å². The minimum Gasteiger partial charge on any atom is -0.494 e. The molecule has 3 heteroatoms. The van der Waals surface area contributed by atoms with Gasteiger partial charge in [0.2, 0.25) is 0 Å². The van der Waals surface area contributed by atoms with E-state index in [4.69, 9.17) is 4.74 Å². The first-order valence-electron chi connectivity index (χ1n) is 6.47. The van der Waals surface area contributed by atoms with E-state index < -0.39 is 0 Å². The van der Waals surface area contributed by atoms with Crippen LogP contribution in [-0.2, 0) is 4.79 Å². The van der Waals surface area contributed by atoms with E-state index in [2.05, 4.69) is 6.92 Å². The Hall–Kier alpha value is -1.64. The molecule has 0 amide bonds. The van der Waals surface area contributed by atoms with Gasteiger partial charge in [-0.15, -0.1) is 0 Å². The summed E-state index contributed by atoms with van der Waals surface area (Å²) in [5, 5.41) is 0. The third-order valence-electron chi connectivity index (χ3n) is 2.71. The van der Waals surface area contributed by atoms with E-state index >= 15 is 0 Å². The SMILES string of the molecule is CCCCCCOc1ccc(C(=O)CC=O)cc1. The first-order valence-corrected chi connectivity index (χ1v) is 6.47. The summed E-state index contributed by atoms with van der Waals surface area (Å²) < 4.78 is 5.57. The highest BCUT2D eigenvalue weighted by Crippen LogP contribution is 2.14. The fourth-order valence-electron chi connectivity index (χ4n) is 1.65. The van der Waals surface area contributed by atoms with Gasteiger partial charge < -0.3 is 9.53 Å². The van der Waals surface area contributed by atoms with E-state index in [1.807, 2.05) is 0 Å². The van der Waals surface area contributed by atoms with E-state index in [0.717, 1.165) is 12.2 Å². The summed E-state index contributed by atoms with van der Waals surface area (Å²) >= 11 is 0. The van der Waals surface area contributed by atoms with E-state index in [1.165, 1.54) is 19.3 Å². The molecule has 3 nitrogen and oxygen atoms in total. The molecule has 98 valence electrons. The Morgan fingerprint density at radius 3 is 2.50 bits per heavy atom. The average molecular weight is 248 g/mol. The van der Waals surface area contributed by atoms with Crippen LogP contribution in [0, 0.1) is 0 Å². The van der Waals surface area contributed by atoms with Gasteiger partial charge in [-0.1, -0.05) is 26.2 Å². The highest BCUT2D eigenvalue weighted by molar-refractivity contribution is 6.02. The zero-order valence-corrected chi connectivity index (χ0v) is 10.9. The number of ketones is 1. The minimum atomic E-state index is -0.153. The van der Waals surface area contributed by atoms with Crippen molar-refractivity contribution in [2.24, 2.45) is 0 Å². The Morgan fingerprint density at radius 1 is 1.17 bits per heavy atom. The summed E-state index contributed by atoms with van der Waals surface area (Å²) in [7, 11) is 0. The van der Waals surface area contributed by atoms with Crippen LogP contribution in [0.1, 0.15) is 49.4 Å². The lowest BCUT2D eigenvalue weighted by Crippen LogP contribution is -2.00. The smallest absolute Gasteiger partial charge is 0.169 e. The molecule has 0 heterocycles. The number of benzene rings is 1. The third kappa shape index (κ3) is 5.13. The molecule has 0 spiro atoms. The molecule has 1 aromatic rings. The van der Waals surface area contributed by atoms with Crippen LogP contribution >= 0.6 is 0 Å². The third-order valence-corrected chi connectivity index (χ3v) is 2.71. The molecular weight excluding hydrogens is 228 g/mol. The molecule has 0 aliphatic heterocycles. The summed E-state index contributed by atoms with van der Waals surface area (Å²) in [4.78, 5) is 21.7. The van der Waals surface area contributed by atoms with Gasteiger partial charge in [0.15, 0.2) is 5.78 Å². The second-order valence-electron chi connectivity index (χ2n) is 4.23. The minimum absolute atomic E-state index is 0.0583. The fourth-order valence-corrected chi connectivity index (χ4v) is 1.65. The predicted molar refractivity (Wildman–Crippen MR) is 71.1 cm³/mol. The van der Waals surface area contributed by atoms with Crippen molar-refractivity contribution in [1.82, 2.24) is 0 Å². The number of rotatable bonds is 9. The zero-order chi connectivity index (χ0) is 13.2. The van der Waals surface area contributed by atoms with Crippen LogP contribution in [0.5, 0.6) is 5.75 Å². The highest BCUT2D eigenvalue weighted by Gasteiger charge is 2.04. The largest absolute Gasteiger partial charge is 0.494 e. The van der Waals surface area contributed by atoms with Crippen LogP contribution in [0.3, 0.4) is 0 Å². The van der Waals surface area contributed by atoms with Gasteiger partial charge in [-0.25, -0.2) is 0 Å². The Morgan fingerprint density at radius 2 is 1.89 bits per heavy atom. The van der Waals surface area contributed by atoms with Gasteiger partial charge in [-0.2, -0.15) is 0 Å². The predicted octanol–water partition coefficient (Wildman–Crippen LogP) is 3.42. The number of Topliss-reactive ketones (excluding diaryl/α,β-unsaturated/α-hetero) is 1. The molecule has 1 rings (SSSR count). The van der Waals surface area contributed by atoms with E-state index in [9.17, 15) is 9.59 Å². The maximum Gasteiger partial charge on any atom is 0.169 e. The van der Waals surface area contributed by atoms with Gasteiger partial charge in [0.1, 0.15) is 12.0 Å². The van der Waals surface area contributed by atoms with Crippen molar-refractivity contribution < 1.29 is 14.3 Å². The van der Waals surface area contributed by atoms with Crippen LogP contribution in [-0.4, -0.2) is 18.7 Å². The number of ether oxygens (including phenoxy) is 1. The number of carbonyl (C=O) groups is 2. The van der Waals surface area contributed by atoms with Gasteiger partial charge >= 0.3 is 0 Å². The molecule has 0 radical (unpaired) electrons. The van der Waals surface area contributed by atoms with Crippen molar-refractivity contribution in [2.75, 3.05) is 6.61 Å². The standard InChI is InChI=1S/C15H20O3/c1-2-3-4-5-12-18-14-8-6-13(7-9-14)15(17)10-11-16/h6-9,11H,2-5,10,12H2,1H3. The quantitative estimate of drug-likeness (QED) is 0.291. The Bertz CT molecular complexity index is 368. The first-order chi connectivity index (χ1) is 8.77. The van der Waals surface area contributed by atoms with Gasteiger partial charge in [0, 0.05) is 5.56 Å². The first kappa shape index (κ1) is 14.4. The lowest BCUT2D eigenvalue weighted by Gasteiger charge is -2.06. The van der Waals surface area contributed by atoms with Crippen LogP contribution in [0.25, 0.3) is 0 Å². The topological polar surface area (TPSA) is 43.4 Å². The monoisotopic (exact) mass is 248 g/mol. The van der Waals surface area contributed by atoms with Crippen LogP contribution in [0.15, 0.2) is 24.3 Å².